The lowest BCUT2D eigenvalue weighted by molar-refractivity contribution is -0.148. The molecule has 0 bridgehead atoms. The van der Waals surface area contributed by atoms with Crippen molar-refractivity contribution in [3.63, 3.8) is 0 Å². The molecule has 0 fully saturated rings. The van der Waals surface area contributed by atoms with Gasteiger partial charge in [0.2, 0.25) is 0 Å². The molecule has 0 amide bonds. The number of aromatic nitrogens is 1. The van der Waals surface area contributed by atoms with Crippen molar-refractivity contribution in [2.24, 2.45) is 0 Å². The molecule has 4 rings (SSSR count). The fraction of sp³-hybridized carbons (Fsp3) is 0.154. The summed E-state index contributed by atoms with van der Waals surface area (Å²) in [6.45, 7) is 3.75. The molecule has 0 radical (unpaired) electrons. The van der Waals surface area contributed by atoms with Gasteiger partial charge in [0, 0.05) is 10.9 Å². The van der Waals surface area contributed by atoms with Gasteiger partial charge in [0.1, 0.15) is 5.92 Å². The summed E-state index contributed by atoms with van der Waals surface area (Å²) in [5, 5.41) is 0.960. The molecule has 0 saturated carbocycles. The minimum atomic E-state index is -0.519. The standard InChI is InChI=1S/C26H23NO2/c1-18(2)29-26(28)25(20-13-7-4-8-14-20)22-17-24(19-11-5-3-6-12-19)27-23-16-10-9-15-21(22)23/h3-18,25H,1-2H3. The van der Waals surface area contributed by atoms with E-state index in [0.717, 1.165) is 33.3 Å². The molecule has 1 heterocycles. The summed E-state index contributed by atoms with van der Waals surface area (Å²) in [5.74, 6) is -0.768. The van der Waals surface area contributed by atoms with Crippen LogP contribution in [0.25, 0.3) is 22.2 Å². The largest absolute Gasteiger partial charge is 0.462 e. The molecule has 0 aliphatic carbocycles. The number of para-hydroxylation sites is 1. The number of ether oxygens (including phenoxy) is 1. The molecule has 0 aliphatic heterocycles. The van der Waals surface area contributed by atoms with E-state index < -0.39 is 5.92 Å². The van der Waals surface area contributed by atoms with E-state index in [1.165, 1.54) is 0 Å². The normalized spacial score (nSPS) is 12.1. The Morgan fingerprint density at radius 3 is 2.14 bits per heavy atom. The number of carbonyl (C=O) groups excluding carboxylic acids is 1. The third kappa shape index (κ3) is 4.04. The number of benzene rings is 3. The van der Waals surface area contributed by atoms with Crippen molar-refractivity contribution in [3.8, 4) is 11.3 Å². The molecular formula is C26H23NO2. The highest BCUT2D eigenvalue weighted by Gasteiger charge is 2.27. The maximum absolute atomic E-state index is 13.2. The number of nitrogens with zero attached hydrogens (tertiary/aromatic N) is 1. The molecule has 1 aromatic heterocycles. The predicted octanol–water partition coefficient (Wildman–Crippen LogP) is 5.99. The minimum absolute atomic E-state index is 0.185. The molecule has 3 aromatic carbocycles. The zero-order valence-corrected chi connectivity index (χ0v) is 16.6. The van der Waals surface area contributed by atoms with Crippen molar-refractivity contribution >= 4 is 16.9 Å². The van der Waals surface area contributed by atoms with Crippen LogP contribution in [-0.4, -0.2) is 17.1 Å². The van der Waals surface area contributed by atoms with Crippen LogP contribution < -0.4 is 0 Å². The van der Waals surface area contributed by atoms with Crippen LogP contribution in [0.1, 0.15) is 30.9 Å². The smallest absolute Gasteiger partial charge is 0.318 e. The molecule has 29 heavy (non-hydrogen) atoms. The van der Waals surface area contributed by atoms with Crippen LogP contribution in [0.5, 0.6) is 0 Å². The van der Waals surface area contributed by atoms with Crippen molar-refractivity contribution in [1.29, 1.82) is 0 Å². The number of carbonyl (C=O) groups is 1. The number of rotatable bonds is 5. The van der Waals surface area contributed by atoms with E-state index >= 15 is 0 Å². The molecule has 1 unspecified atom stereocenters. The summed E-state index contributed by atoms with van der Waals surface area (Å²) in [6.07, 6.45) is -0.185. The van der Waals surface area contributed by atoms with Crippen molar-refractivity contribution in [2.45, 2.75) is 25.9 Å². The van der Waals surface area contributed by atoms with Gasteiger partial charge in [-0.1, -0.05) is 78.9 Å². The topological polar surface area (TPSA) is 39.2 Å². The highest BCUT2D eigenvalue weighted by atomic mass is 16.5. The first kappa shape index (κ1) is 18.9. The first-order chi connectivity index (χ1) is 14.1. The van der Waals surface area contributed by atoms with Gasteiger partial charge < -0.3 is 4.74 Å². The van der Waals surface area contributed by atoms with Gasteiger partial charge in [-0.05, 0) is 37.1 Å². The van der Waals surface area contributed by atoms with Gasteiger partial charge in [-0.2, -0.15) is 0 Å². The Balaban J connectivity index is 1.96. The van der Waals surface area contributed by atoms with Gasteiger partial charge in [0.25, 0.3) is 0 Å². The van der Waals surface area contributed by atoms with E-state index in [1.54, 1.807) is 0 Å². The number of hydrogen-bond donors (Lipinski definition) is 0. The number of fused-ring (bicyclic) bond motifs is 1. The summed E-state index contributed by atoms with van der Waals surface area (Å²) >= 11 is 0. The SMILES string of the molecule is CC(C)OC(=O)C(c1ccccc1)c1cc(-c2ccccc2)nc2ccccc12. The molecule has 0 N–H and O–H groups in total. The average Bonchev–Trinajstić information content (AvgIpc) is 2.74. The zero-order valence-electron chi connectivity index (χ0n) is 16.6. The molecule has 1 atom stereocenters. The van der Waals surface area contributed by atoms with Crippen LogP contribution >= 0.6 is 0 Å². The monoisotopic (exact) mass is 381 g/mol. The van der Waals surface area contributed by atoms with Gasteiger partial charge in [-0.3, -0.25) is 4.79 Å². The summed E-state index contributed by atoms with van der Waals surface area (Å²) in [6, 6.07) is 29.8. The Labute approximate surface area is 171 Å². The van der Waals surface area contributed by atoms with Crippen molar-refractivity contribution in [1.82, 2.24) is 4.98 Å². The van der Waals surface area contributed by atoms with Crippen LogP contribution in [0.15, 0.2) is 91.0 Å². The lowest BCUT2D eigenvalue weighted by Crippen LogP contribution is -2.21. The molecule has 3 nitrogen and oxygen atoms in total. The van der Waals surface area contributed by atoms with Crippen LogP contribution in [-0.2, 0) is 9.53 Å². The number of hydrogen-bond acceptors (Lipinski definition) is 3. The van der Waals surface area contributed by atoms with E-state index in [2.05, 4.69) is 0 Å². The fourth-order valence-electron chi connectivity index (χ4n) is 3.59. The predicted molar refractivity (Wildman–Crippen MR) is 117 cm³/mol. The first-order valence-corrected chi connectivity index (χ1v) is 9.84. The zero-order chi connectivity index (χ0) is 20.2. The van der Waals surface area contributed by atoms with E-state index in [1.807, 2.05) is 105 Å². The van der Waals surface area contributed by atoms with Crippen molar-refractivity contribution in [3.05, 3.63) is 102 Å². The third-order valence-corrected chi connectivity index (χ3v) is 4.85. The van der Waals surface area contributed by atoms with Crippen molar-refractivity contribution < 1.29 is 9.53 Å². The number of pyridine rings is 1. The molecule has 0 aliphatic rings. The van der Waals surface area contributed by atoms with Crippen molar-refractivity contribution in [2.75, 3.05) is 0 Å². The van der Waals surface area contributed by atoms with Gasteiger partial charge in [-0.15, -0.1) is 0 Å². The molecule has 0 saturated heterocycles. The lowest BCUT2D eigenvalue weighted by Gasteiger charge is -2.21. The van der Waals surface area contributed by atoms with Crippen LogP contribution in [0.3, 0.4) is 0 Å². The van der Waals surface area contributed by atoms with Gasteiger partial charge in [0.15, 0.2) is 0 Å². The Bertz CT molecular complexity index is 1120. The Morgan fingerprint density at radius 1 is 0.828 bits per heavy atom. The van der Waals surface area contributed by atoms with Crippen LogP contribution in [0.4, 0.5) is 0 Å². The second kappa shape index (κ2) is 8.27. The molecule has 4 aromatic rings. The third-order valence-electron chi connectivity index (χ3n) is 4.85. The maximum atomic E-state index is 13.2. The molecular weight excluding hydrogens is 358 g/mol. The summed E-state index contributed by atoms with van der Waals surface area (Å²) in [4.78, 5) is 18.1. The highest BCUT2D eigenvalue weighted by Crippen LogP contribution is 2.34. The van der Waals surface area contributed by atoms with E-state index in [4.69, 9.17) is 9.72 Å². The summed E-state index contributed by atoms with van der Waals surface area (Å²) in [7, 11) is 0. The minimum Gasteiger partial charge on any atom is -0.462 e. The highest BCUT2D eigenvalue weighted by molar-refractivity contribution is 5.93. The molecule has 144 valence electrons. The van der Waals surface area contributed by atoms with Crippen LogP contribution in [0.2, 0.25) is 0 Å². The second-order valence-corrected chi connectivity index (χ2v) is 7.31. The average molecular weight is 381 g/mol. The number of esters is 1. The maximum Gasteiger partial charge on any atom is 0.318 e. The quantitative estimate of drug-likeness (QED) is 0.399. The van der Waals surface area contributed by atoms with Gasteiger partial charge in [-0.25, -0.2) is 4.98 Å². The Morgan fingerprint density at radius 2 is 1.45 bits per heavy atom. The molecule has 0 spiro atoms. The van der Waals surface area contributed by atoms with E-state index in [0.29, 0.717) is 0 Å². The summed E-state index contributed by atoms with van der Waals surface area (Å²) in [5.41, 5.74) is 4.54. The van der Waals surface area contributed by atoms with E-state index in [9.17, 15) is 4.79 Å². The summed E-state index contributed by atoms with van der Waals surface area (Å²) < 4.78 is 5.66. The lowest BCUT2D eigenvalue weighted by atomic mass is 9.88. The fourth-order valence-corrected chi connectivity index (χ4v) is 3.59. The Kier molecular flexibility index (Phi) is 5.39. The van der Waals surface area contributed by atoms with E-state index in [-0.39, 0.29) is 12.1 Å². The van der Waals surface area contributed by atoms with Crippen LogP contribution in [0, 0.1) is 0 Å². The second-order valence-electron chi connectivity index (χ2n) is 7.31. The Hall–Kier alpha value is -3.46. The van der Waals surface area contributed by atoms with Gasteiger partial charge in [0.05, 0.1) is 17.3 Å². The first-order valence-electron chi connectivity index (χ1n) is 9.84. The van der Waals surface area contributed by atoms with Gasteiger partial charge >= 0.3 is 5.97 Å². The molecule has 3 heteroatoms.